The van der Waals surface area contributed by atoms with Crippen LogP contribution in [0.5, 0.6) is 0 Å². The summed E-state index contributed by atoms with van der Waals surface area (Å²) in [6.07, 6.45) is 6.07. The van der Waals surface area contributed by atoms with E-state index in [1.165, 1.54) is 48.5 Å². The van der Waals surface area contributed by atoms with E-state index in [-0.39, 0.29) is 29.3 Å². The Morgan fingerprint density at radius 1 is 1.19 bits per heavy atom. The smallest absolute Gasteiger partial charge is 0.354 e. The molecule has 1 aliphatic rings. The fraction of sp³-hybridized carbons (Fsp3) is 0.538. The molecule has 4 rings (SSSR count). The number of aromatic nitrogens is 4. The van der Waals surface area contributed by atoms with Crippen LogP contribution in [0.2, 0.25) is 0 Å². The molecular formula is C26H32F3N5O2. The van der Waals surface area contributed by atoms with Crippen LogP contribution in [0.3, 0.4) is 0 Å². The van der Waals surface area contributed by atoms with Gasteiger partial charge in [0, 0.05) is 12.5 Å². The molecule has 3 aromatic rings. The lowest BCUT2D eigenvalue weighted by molar-refractivity contribution is -0.137. The molecule has 0 unspecified atom stereocenters. The van der Waals surface area contributed by atoms with E-state index in [0.717, 1.165) is 43.7 Å². The predicted molar refractivity (Wildman–Crippen MR) is 130 cm³/mol. The normalized spacial score (nSPS) is 18.4. The van der Waals surface area contributed by atoms with Crippen LogP contribution in [0, 0.1) is 11.8 Å². The second kappa shape index (κ2) is 11.3. The number of hydrogen-bond donors (Lipinski definition) is 1. The van der Waals surface area contributed by atoms with Crippen molar-refractivity contribution < 1.29 is 18.0 Å². The average Bonchev–Trinajstić information content (AvgIpc) is 3.28. The highest BCUT2D eigenvalue weighted by atomic mass is 19.4. The number of rotatable bonds is 9. The van der Waals surface area contributed by atoms with Gasteiger partial charge in [0.1, 0.15) is 11.7 Å². The lowest BCUT2D eigenvalue weighted by Gasteiger charge is -2.27. The number of carbonyl (C=O) groups excluding carboxylic acids is 1. The van der Waals surface area contributed by atoms with Crippen molar-refractivity contribution >= 4 is 16.9 Å². The summed E-state index contributed by atoms with van der Waals surface area (Å²) in [6.45, 7) is 2.91. The van der Waals surface area contributed by atoms with Crippen LogP contribution in [0.25, 0.3) is 11.0 Å². The number of carbonyl (C=O) groups is 1. The Balaban J connectivity index is 1.34. The number of amides is 1. The van der Waals surface area contributed by atoms with Gasteiger partial charge in [0.05, 0.1) is 24.8 Å². The highest BCUT2D eigenvalue weighted by Gasteiger charge is 2.30. The summed E-state index contributed by atoms with van der Waals surface area (Å²) >= 11 is 0. The average molecular weight is 504 g/mol. The minimum Gasteiger partial charge on any atom is -0.354 e. The Hall–Kier alpha value is -3.17. The third kappa shape index (κ3) is 6.14. The van der Waals surface area contributed by atoms with Crippen LogP contribution in [-0.2, 0) is 24.1 Å². The summed E-state index contributed by atoms with van der Waals surface area (Å²) in [5, 5.41) is 7.50. The first-order valence-electron chi connectivity index (χ1n) is 12.6. The number of nitrogens with zero attached hydrogens (tertiary/aromatic N) is 4. The molecule has 10 heteroatoms. The van der Waals surface area contributed by atoms with E-state index in [0.29, 0.717) is 24.3 Å². The van der Waals surface area contributed by atoms with Gasteiger partial charge in [0.25, 0.3) is 5.56 Å². The highest BCUT2D eigenvalue weighted by molar-refractivity contribution is 5.78. The summed E-state index contributed by atoms with van der Waals surface area (Å²) < 4.78 is 41.8. The molecule has 0 spiro atoms. The number of nitrogens with one attached hydrogen (secondary N) is 1. The van der Waals surface area contributed by atoms with Gasteiger partial charge in [-0.3, -0.25) is 14.2 Å². The molecular weight excluding hydrogens is 471 g/mol. The third-order valence-electron chi connectivity index (χ3n) is 7.04. The summed E-state index contributed by atoms with van der Waals surface area (Å²) in [7, 11) is 0. The Labute approximate surface area is 207 Å². The van der Waals surface area contributed by atoms with Gasteiger partial charge >= 0.3 is 6.18 Å². The fourth-order valence-electron chi connectivity index (χ4n) is 4.95. The van der Waals surface area contributed by atoms with E-state index >= 15 is 0 Å². The Morgan fingerprint density at radius 2 is 1.97 bits per heavy atom. The number of alkyl halides is 3. The van der Waals surface area contributed by atoms with Crippen LogP contribution in [0.15, 0.2) is 41.6 Å². The monoisotopic (exact) mass is 503 g/mol. The predicted octanol–water partition coefficient (Wildman–Crippen LogP) is 4.77. The maximum Gasteiger partial charge on any atom is 0.416 e. The van der Waals surface area contributed by atoms with Crippen LogP contribution >= 0.6 is 0 Å². The van der Waals surface area contributed by atoms with Gasteiger partial charge < -0.3 is 5.32 Å². The zero-order chi connectivity index (χ0) is 25.7. The summed E-state index contributed by atoms with van der Waals surface area (Å²) in [5.74, 6) is 0.864. The van der Waals surface area contributed by atoms with Crippen LogP contribution in [0.4, 0.5) is 13.2 Å². The van der Waals surface area contributed by atoms with Gasteiger partial charge in [0.2, 0.25) is 5.91 Å². The van der Waals surface area contributed by atoms with Gasteiger partial charge in [-0.2, -0.15) is 18.3 Å². The fourth-order valence-corrected chi connectivity index (χ4v) is 4.95. The van der Waals surface area contributed by atoms with Crippen molar-refractivity contribution in [1.82, 2.24) is 24.6 Å². The zero-order valence-electron chi connectivity index (χ0n) is 20.4. The first-order valence-corrected chi connectivity index (χ1v) is 12.6. The molecule has 0 saturated heterocycles. The molecule has 194 valence electrons. The summed E-state index contributed by atoms with van der Waals surface area (Å²) in [6, 6.07) is 4.88. The van der Waals surface area contributed by atoms with Crippen molar-refractivity contribution in [3.63, 3.8) is 0 Å². The van der Waals surface area contributed by atoms with Gasteiger partial charge in [-0.1, -0.05) is 38.3 Å². The van der Waals surface area contributed by atoms with Crippen molar-refractivity contribution in [2.24, 2.45) is 11.8 Å². The lowest BCUT2D eigenvalue weighted by atomic mass is 9.79. The van der Waals surface area contributed by atoms with Gasteiger partial charge in [-0.25, -0.2) is 9.67 Å². The minimum absolute atomic E-state index is 0.0341. The standard InChI is InChI=1S/C26H32F3N5O2/c1-2-3-5-18-8-10-20(11-9-18)24(35)30-12-13-34-23-22(15-32-34)25(36)33(17-31-23)16-19-6-4-7-21(14-19)26(27,28)29/h4,6-7,14-15,17-18,20H,2-3,5,8-13,16H2,1H3,(H,30,35). The summed E-state index contributed by atoms with van der Waals surface area (Å²) in [4.78, 5) is 29.8. The Bertz CT molecular complexity index is 1240. The molecule has 0 radical (unpaired) electrons. The van der Waals surface area contributed by atoms with Crippen molar-refractivity contribution in [3.8, 4) is 0 Å². The molecule has 2 heterocycles. The third-order valence-corrected chi connectivity index (χ3v) is 7.04. The quantitative estimate of drug-likeness (QED) is 0.456. The zero-order valence-corrected chi connectivity index (χ0v) is 20.4. The first kappa shape index (κ1) is 25.9. The molecule has 1 N–H and O–H groups in total. The molecule has 0 aliphatic heterocycles. The number of hydrogen-bond acceptors (Lipinski definition) is 4. The molecule has 1 amide bonds. The van der Waals surface area contributed by atoms with E-state index < -0.39 is 11.7 Å². The number of benzene rings is 1. The van der Waals surface area contributed by atoms with Crippen LogP contribution < -0.4 is 10.9 Å². The highest BCUT2D eigenvalue weighted by Crippen LogP contribution is 2.32. The van der Waals surface area contributed by atoms with Crippen molar-refractivity contribution in [2.75, 3.05) is 6.54 Å². The van der Waals surface area contributed by atoms with E-state index in [9.17, 15) is 22.8 Å². The molecule has 2 aromatic heterocycles. The SMILES string of the molecule is CCCCC1CCC(C(=O)NCCn2ncc3c(=O)n(Cc4cccc(C(F)(F)F)c4)cnc32)CC1. The maximum atomic E-state index is 13.0. The van der Waals surface area contributed by atoms with Gasteiger partial charge in [-0.05, 0) is 49.3 Å². The van der Waals surface area contributed by atoms with E-state index in [1.54, 1.807) is 4.68 Å². The van der Waals surface area contributed by atoms with E-state index in [1.807, 2.05) is 0 Å². The molecule has 0 bridgehead atoms. The maximum absolute atomic E-state index is 13.0. The molecule has 7 nitrogen and oxygen atoms in total. The van der Waals surface area contributed by atoms with E-state index in [4.69, 9.17) is 0 Å². The number of fused-ring (bicyclic) bond motifs is 1. The molecule has 0 atom stereocenters. The van der Waals surface area contributed by atoms with Crippen molar-refractivity contribution in [3.05, 3.63) is 58.3 Å². The molecule has 1 aromatic carbocycles. The lowest BCUT2D eigenvalue weighted by Crippen LogP contribution is -2.35. The van der Waals surface area contributed by atoms with Gasteiger partial charge in [-0.15, -0.1) is 0 Å². The topological polar surface area (TPSA) is 81.8 Å². The second-order valence-electron chi connectivity index (χ2n) is 9.63. The van der Waals surface area contributed by atoms with Gasteiger partial charge in [0.15, 0.2) is 5.65 Å². The van der Waals surface area contributed by atoms with Crippen LogP contribution in [0.1, 0.15) is 63.0 Å². The number of unbranched alkanes of at least 4 members (excludes halogenated alkanes) is 1. The van der Waals surface area contributed by atoms with Crippen molar-refractivity contribution in [1.29, 1.82) is 0 Å². The molecule has 36 heavy (non-hydrogen) atoms. The minimum atomic E-state index is -4.45. The molecule has 1 fully saturated rings. The Kier molecular flexibility index (Phi) is 8.11. The second-order valence-corrected chi connectivity index (χ2v) is 9.63. The number of halogens is 3. The van der Waals surface area contributed by atoms with Crippen LogP contribution in [-0.4, -0.2) is 31.8 Å². The molecule has 1 saturated carbocycles. The first-order chi connectivity index (χ1) is 17.3. The summed E-state index contributed by atoms with van der Waals surface area (Å²) in [5.41, 5.74) is -0.414. The van der Waals surface area contributed by atoms with Crippen molar-refractivity contribution in [2.45, 2.75) is 71.1 Å². The molecule has 1 aliphatic carbocycles. The Morgan fingerprint density at radius 3 is 2.69 bits per heavy atom. The largest absolute Gasteiger partial charge is 0.416 e. The van der Waals surface area contributed by atoms with E-state index in [2.05, 4.69) is 22.3 Å².